The number of carbonyl (C=O) groups excluding carboxylic acids is 1. The fourth-order valence-electron chi connectivity index (χ4n) is 10.5. The van der Waals surface area contributed by atoms with Crippen molar-refractivity contribution < 1.29 is 59.5 Å². The lowest BCUT2D eigenvalue weighted by Crippen LogP contribution is -2.62. The lowest BCUT2D eigenvalue weighted by atomic mass is 9.41. The number of hydrogen-bond acceptors (Lipinski definition) is 12. The highest BCUT2D eigenvalue weighted by atomic mass is 16.7. The molecule has 250 valence electrons. The van der Waals surface area contributed by atoms with Crippen LogP contribution in [0.2, 0.25) is 0 Å². The number of esters is 1. The highest BCUT2D eigenvalue weighted by Gasteiger charge is 2.69. The molecular weight excluding hydrogens is 576 g/mol. The molecule has 12 heteroatoms. The van der Waals surface area contributed by atoms with Crippen molar-refractivity contribution in [3.8, 4) is 0 Å². The van der Waals surface area contributed by atoms with E-state index in [0.717, 1.165) is 44.1 Å². The van der Waals surface area contributed by atoms with Gasteiger partial charge in [0.25, 0.3) is 0 Å². The van der Waals surface area contributed by atoms with Crippen LogP contribution in [0.25, 0.3) is 0 Å². The maximum atomic E-state index is 13.9. The van der Waals surface area contributed by atoms with E-state index in [0.29, 0.717) is 19.3 Å². The second-order valence-electron chi connectivity index (χ2n) is 15.1. The summed E-state index contributed by atoms with van der Waals surface area (Å²) in [6, 6.07) is 0. The second kappa shape index (κ2) is 11.5. The quantitative estimate of drug-likeness (QED) is 0.121. The molecule has 1 spiro atoms. The van der Waals surface area contributed by atoms with E-state index in [9.17, 15) is 40.5 Å². The average Bonchev–Trinajstić information content (AvgIpc) is 3.18. The van der Waals surface area contributed by atoms with Crippen molar-refractivity contribution in [2.45, 2.75) is 139 Å². The van der Waals surface area contributed by atoms with Crippen LogP contribution in [0.3, 0.4) is 0 Å². The smallest absolute Gasteiger partial charge is 0.314 e. The van der Waals surface area contributed by atoms with Crippen LogP contribution in [0.4, 0.5) is 0 Å². The summed E-state index contributed by atoms with van der Waals surface area (Å²) in [4.78, 5) is 13.9. The van der Waals surface area contributed by atoms with E-state index in [-0.39, 0.29) is 35.7 Å². The highest BCUT2D eigenvalue weighted by Crippen LogP contribution is 2.73. The minimum absolute atomic E-state index is 0.0111. The van der Waals surface area contributed by atoms with E-state index >= 15 is 0 Å². The van der Waals surface area contributed by atoms with Crippen LogP contribution in [0, 0.1) is 28.1 Å². The van der Waals surface area contributed by atoms with Gasteiger partial charge >= 0.3 is 5.97 Å². The highest BCUT2D eigenvalue weighted by molar-refractivity contribution is 5.77. The SMILES string of the molecule is C=C1C[C@@]23CC[C@H]4[C@@](C)(CCC[C@@]4(C)C(=O)O[C@@H]4O[C@H](CO)[C@@H](O)[C@H](O)[C@H]4O)[C@@H]2CC[C@]1(O[C@@H]1O[C@H](CO)C[C@H](O)[C@H]1O)C3. The molecule has 2 aliphatic heterocycles. The van der Waals surface area contributed by atoms with Gasteiger partial charge in [-0.15, -0.1) is 0 Å². The first-order chi connectivity index (χ1) is 20.7. The summed E-state index contributed by atoms with van der Waals surface area (Å²) in [6.45, 7) is 7.77. The summed E-state index contributed by atoms with van der Waals surface area (Å²) in [5, 5.41) is 71.2. The van der Waals surface area contributed by atoms with Gasteiger partial charge < -0.3 is 54.7 Å². The molecule has 0 amide bonds. The third kappa shape index (κ3) is 4.91. The molecule has 2 bridgehead atoms. The standard InChI is InChI=1S/C32H50O12/c1-16-12-31-9-5-20-29(2,21(31)6-10-32(16,15-31)44-27-22(36)18(35)11-17(13-33)41-27)7-4-8-30(20,3)28(40)43-26-25(39)24(38)23(37)19(14-34)42-26/h17-27,33-39H,1,4-15H2,2-3H3/t17-,18-,19+,20-,21-,22+,23+,24-,25+,26-,27-,29+,30+,31+,32-/m0/s1. The molecule has 4 saturated carbocycles. The van der Waals surface area contributed by atoms with Crippen molar-refractivity contribution >= 4 is 5.97 Å². The molecule has 6 fully saturated rings. The zero-order chi connectivity index (χ0) is 31.8. The Morgan fingerprint density at radius 1 is 0.886 bits per heavy atom. The first-order valence-corrected chi connectivity index (χ1v) is 16.2. The Balaban J connectivity index is 1.20. The van der Waals surface area contributed by atoms with Crippen molar-refractivity contribution in [3.05, 3.63) is 12.2 Å². The molecule has 0 aromatic heterocycles. The van der Waals surface area contributed by atoms with E-state index in [1.807, 2.05) is 6.92 Å². The molecular formula is C32H50O12. The third-order valence-corrected chi connectivity index (χ3v) is 12.7. The topological polar surface area (TPSA) is 196 Å². The van der Waals surface area contributed by atoms with Gasteiger partial charge in [-0.2, -0.15) is 0 Å². The van der Waals surface area contributed by atoms with Gasteiger partial charge in [-0.25, -0.2) is 0 Å². The third-order valence-electron chi connectivity index (χ3n) is 12.7. The average molecular weight is 627 g/mol. The van der Waals surface area contributed by atoms with E-state index in [4.69, 9.17) is 18.9 Å². The molecule has 15 atom stereocenters. The molecule has 2 saturated heterocycles. The lowest BCUT2D eigenvalue weighted by molar-refractivity contribution is -0.306. The minimum Gasteiger partial charge on any atom is -0.432 e. The van der Waals surface area contributed by atoms with Gasteiger partial charge in [0.15, 0.2) is 6.29 Å². The molecule has 0 aromatic carbocycles. The van der Waals surface area contributed by atoms with Crippen molar-refractivity contribution in [1.29, 1.82) is 0 Å². The van der Waals surface area contributed by atoms with Crippen molar-refractivity contribution in [3.63, 3.8) is 0 Å². The summed E-state index contributed by atoms with van der Waals surface area (Å²) in [5.74, 6) is -0.251. The van der Waals surface area contributed by atoms with Gasteiger partial charge in [-0.3, -0.25) is 4.79 Å². The van der Waals surface area contributed by atoms with E-state index in [2.05, 4.69) is 13.5 Å². The number of rotatable bonds is 6. The Hall–Kier alpha value is -1.19. The first-order valence-electron chi connectivity index (χ1n) is 16.2. The number of carbonyl (C=O) groups is 1. The summed E-state index contributed by atoms with van der Waals surface area (Å²) in [7, 11) is 0. The fraction of sp³-hybridized carbons (Fsp3) is 0.906. The van der Waals surface area contributed by atoms with Gasteiger partial charge in [-0.1, -0.05) is 19.9 Å². The molecule has 0 unspecified atom stereocenters. The molecule has 4 aliphatic carbocycles. The first kappa shape index (κ1) is 32.7. The lowest BCUT2D eigenvalue weighted by Gasteiger charge is -2.64. The predicted octanol–water partition coefficient (Wildman–Crippen LogP) is 0.267. The molecule has 7 N–H and O–H groups in total. The molecule has 12 nitrogen and oxygen atoms in total. The Morgan fingerprint density at radius 3 is 2.32 bits per heavy atom. The molecule has 0 aromatic rings. The molecule has 6 aliphatic rings. The van der Waals surface area contributed by atoms with Crippen LogP contribution >= 0.6 is 0 Å². The second-order valence-corrected chi connectivity index (χ2v) is 15.1. The van der Waals surface area contributed by atoms with Crippen molar-refractivity contribution in [1.82, 2.24) is 0 Å². The summed E-state index contributed by atoms with van der Waals surface area (Å²) in [6.07, 6.45) is -4.37. The van der Waals surface area contributed by atoms with Crippen molar-refractivity contribution in [2.75, 3.05) is 13.2 Å². The van der Waals surface area contributed by atoms with Gasteiger partial charge in [-0.05, 0) is 86.5 Å². The molecule has 0 radical (unpaired) electrons. The molecule has 44 heavy (non-hydrogen) atoms. The van der Waals surface area contributed by atoms with Crippen LogP contribution in [0.15, 0.2) is 12.2 Å². The van der Waals surface area contributed by atoms with Crippen LogP contribution in [0.5, 0.6) is 0 Å². The summed E-state index contributed by atoms with van der Waals surface area (Å²) >= 11 is 0. The van der Waals surface area contributed by atoms with Gasteiger partial charge in [0.05, 0.1) is 36.4 Å². The van der Waals surface area contributed by atoms with Gasteiger partial charge in [0.1, 0.15) is 30.5 Å². The fourth-order valence-corrected chi connectivity index (χ4v) is 10.5. The molecule has 6 rings (SSSR count). The van der Waals surface area contributed by atoms with Crippen LogP contribution in [-0.4, -0.2) is 116 Å². The van der Waals surface area contributed by atoms with E-state index in [1.165, 1.54) is 0 Å². The van der Waals surface area contributed by atoms with Crippen LogP contribution in [-0.2, 0) is 23.7 Å². The Kier molecular flexibility index (Phi) is 8.56. The predicted molar refractivity (Wildman–Crippen MR) is 152 cm³/mol. The van der Waals surface area contributed by atoms with Gasteiger partial charge in [0.2, 0.25) is 6.29 Å². The van der Waals surface area contributed by atoms with E-state index in [1.54, 1.807) is 0 Å². The minimum atomic E-state index is -1.65. The van der Waals surface area contributed by atoms with Gasteiger partial charge in [0, 0.05) is 6.42 Å². The Morgan fingerprint density at radius 2 is 1.61 bits per heavy atom. The monoisotopic (exact) mass is 626 g/mol. The number of aliphatic hydroxyl groups excluding tert-OH is 7. The normalized spacial score (nSPS) is 53.9. The number of aliphatic hydroxyl groups is 7. The maximum Gasteiger partial charge on any atom is 0.314 e. The largest absolute Gasteiger partial charge is 0.432 e. The maximum absolute atomic E-state index is 13.9. The zero-order valence-electron chi connectivity index (χ0n) is 25.7. The number of ether oxygens (including phenoxy) is 4. The molecule has 2 heterocycles. The Bertz CT molecular complexity index is 1120. The van der Waals surface area contributed by atoms with Crippen molar-refractivity contribution in [2.24, 2.45) is 28.1 Å². The summed E-state index contributed by atoms with van der Waals surface area (Å²) in [5.41, 5.74) is -0.921. The Labute approximate surface area is 258 Å². The summed E-state index contributed by atoms with van der Waals surface area (Å²) < 4.78 is 23.6. The van der Waals surface area contributed by atoms with Crippen LogP contribution < -0.4 is 0 Å². The zero-order valence-corrected chi connectivity index (χ0v) is 25.7. The number of hydrogen-bond donors (Lipinski definition) is 7. The van der Waals surface area contributed by atoms with Crippen LogP contribution in [0.1, 0.15) is 78.1 Å². The number of fused-ring (bicyclic) bond motifs is 3. The van der Waals surface area contributed by atoms with E-state index < -0.39 is 78.9 Å².